The molecule has 1 N–H and O–H groups in total. The Morgan fingerprint density at radius 2 is 1.73 bits per heavy atom. The number of amides is 1. The number of halogens is 1. The number of carbonyl (C=O) groups is 1. The number of nitrogens with one attached hydrogen (secondary N) is 1. The van der Waals surface area contributed by atoms with Gasteiger partial charge in [0.2, 0.25) is 5.89 Å². The first-order valence-corrected chi connectivity index (χ1v) is 12.7. The average Bonchev–Trinajstić information content (AvgIpc) is 3.41. The summed E-state index contributed by atoms with van der Waals surface area (Å²) < 4.78 is 20.0. The van der Waals surface area contributed by atoms with Gasteiger partial charge in [-0.1, -0.05) is 36.4 Å². The van der Waals surface area contributed by atoms with Crippen molar-refractivity contribution in [3.63, 3.8) is 0 Å². The smallest absolute Gasteiger partial charge is 0.252 e. The lowest BCUT2D eigenvalue weighted by molar-refractivity contribution is 0.0952. The molecule has 1 aliphatic heterocycles. The van der Waals surface area contributed by atoms with E-state index < -0.39 is 0 Å². The Balaban J connectivity index is 1.13. The summed E-state index contributed by atoms with van der Waals surface area (Å²) in [6, 6.07) is 22.2. The van der Waals surface area contributed by atoms with Gasteiger partial charge in [0.1, 0.15) is 5.82 Å². The fourth-order valence-corrected chi connectivity index (χ4v) is 4.71. The number of oxazole rings is 1. The van der Waals surface area contributed by atoms with E-state index >= 15 is 0 Å². The molecule has 5 rings (SSSR count). The number of anilines is 1. The van der Waals surface area contributed by atoms with Crippen molar-refractivity contribution in [2.45, 2.75) is 13.3 Å². The van der Waals surface area contributed by atoms with E-state index in [1.807, 2.05) is 12.1 Å². The molecule has 1 aliphatic rings. The van der Waals surface area contributed by atoms with Crippen molar-refractivity contribution < 1.29 is 13.6 Å². The zero-order valence-electron chi connectivity index (χ0n) is 21.0. The molecule has 0 aliphatic carbocycles. The van der Waals surface area contributed by atoms with Crippen molar-refractivity contribution in [1.82, 2.24) is 15.2 Å². The van der Waals surface area contributed by atoms with E-state index in [9.17, 15) is 9.18 Å². The predicted octanol–water partition coefficient (Wildman–Crippen LogP) is 5.40. The predicted molar refractivity (Wildman–Crippen MR) is 144 cm³/mol. The molecule has 3 aromatic carbocycles. The number of nitrogens with zero attached hydrogens (tertiary/aromatic N) is 3. The highest BCUT2D eigenvalue weighted by atomic mass is 19.1. The molecule has 0 spiro atoms. The van der Waals surface area contributed by atoms with Crippen molar-refractivity contribution in [1.29, 1.82) is 0 Å². The Hall–Kier alpha value is -3.97. The molecule has 0 bridgehead atoms. The van der Waals surface area contributed by atoms with E-state index in [0.717, 1.165) is 39.1 Å². The minimum atomic E-state index is -0.382. The highest BCUT2D eigenvalue weighted by Crippen LogP contribution is 2.29. The van der Waals surface area contributed by atoms with Crippen molar-refractivity contribution in [2.75, 3.05) is 44.2 Å². The molecule has 0 radical (unpaired) electrons. The van der Waals surface area contributed by atoms with Gasteiger partial charge in [-0.3, -0.25) is 9.69 Å². The Morgan fingerprint density at radius 3 is 2.51 bits per heavy atom. The zero-order chi connectivity index (χ0) is 25.6. The van der Waals surface area contributed by atoms with Crippen LogP contribution in [0.4, 0.5) is 10.1 Å². The van der Waals surface area contributed by atoms with Crippen LogP contribution in [-0.4, -0.2) is 55.1 Å². The summed E-state index contributed by atoms with van der Waals surface area (Å²) in [5.74, 6) is 0.0552. The number of aromatic nitrogens is 1. The maximum atomic E-state index is 14.2. The molecule has 1 fully saturated rings. The van der Waals surface area contributed by atoms with Crippen LogP contribution in [0.5, 0.6) is 0 Å². The molecule has 37 heavy (non-hydrogen) atoms. The van der Waals surface area contributed by atoms with E-state index in [2.05, 4.69) is 51.3 Å². The van der Waals surface area contributed by atoms with Gasteiger partial charge in [0, 0.05) is 44.0 Å². The first-order valence-electron chi connectivity index (χ1n) is 12.7. The maximum absolute atomic E-state index is 14.2. The zero-order valence-corrected chi connectivity index (χ0v) is 21.0. The molecule has 1 saturated heterocycles. The number of rotatable bonds is 8. The number of piperazine rings is 1. The van der Waals surface area contributed by atoms with Gasteiger partial charge in [0.15, 0.2) is 5.76 Å². The standard InChI is InChI=1S/C30H31FN4O2/c1-22-8-6-9-23(20-22)35-18-16-34(17-19-35)15-7-14-32-29(36)24-10-2-3-11-25(24)30-33-21-28(37-30)26-12-4-5-13-27(26)31/h2-6,8-13,20-21H,7,14-19H2,1H3,(H,32,36). The third-order valence-electron chi connectivity index (χ3n) is 6.72. The van der Waals surface area contributed by atoms with Crippen LogP contribution >= 0.6 is 0 Å². The lowest BCUT2D eigenvalue weighted by Gasteiger charge is -2.36. The Labute approximate surface area is 216 Å². The minimum Gasteiger partial charge on any atom is -0.436 e. The maximum Gasteiger partial charge on any atom is 0.252 e. The molecule has 1 amide bonds. The molecule has 1 aromatic heterocycles. The molecule has 190 valence electrons. The van der Waals surface area contributed by atoms with Gasteiger partial charge < -0.3 is 14.6 Å². The second kappa shape index (κ2) is 11.4. The number of aryl methyl sites for hydroxylation is 1. The van der Waals surface area contributed by atoms with Crippen molar-refractivity contribution in [2.24, 2.45) is 0 Å². The molecular weight excluding hydrogens is 467 g/mol. The number of hydrogen-bond donors (Lipinski definition) is 1. The SMILES string of the molecule is Cc1cccc(N2CCN(CCCNC(=O)c3ccccc3-c3ncc(-c4ccccc4F)o3)CC2)c1. The summed E-state index contributed by atoms with van der Waals surface area (Å²) in [6.07, 6.45) is 2.36. The van der Waals surface area contributed by atoms with Crippen LogP contribution in [-0.2, 0) is 0 Å². The number of carbonyl (C=O) groups excluding carboxylic acids is 1. The van der Waals surface area contributed by atoms with Crippen LogP contribution in [0.2, 0.25) is 0 Å². The van der Waals surface area contributed by atoms with E-state index in [4.69, 9.17) is 4.42 Å². The molecule has 4 aromatic rings. The quantitative estimate of drug-likeness (QED) is 0.330. The van der Waals surface area contributed by atoms with Crippen LogP contribution in [0.25, 0.3) is 22.8 Å². The van der Waals surface area contributed by atoms with E-state index in [0.29, 0.717) is 29.0 Å². The van der Waals surface area contributed by atoms with Gasteiger partial charge >= 0.3 is 0 Å². The second-order valence-corrected chi connectivity index (χ2v) is 9.33. The van der Waals surface area contributed by atoms with Crippen LogP contribution in [0.3, 0.4) is 0 Å². The molecular formula is C30H31FN4O2. The van der Waals surface area contributed by atoms with Gasteiger partial charge in [-0.2, -0.15) is 0 Å². The van der Waals surface area contributed by atoms with Gasteiger partial charge in [0.05, 0.1) is 17.3 Å². The number of benzene rings is 3. The molecule has 6 nitrogen and oxygen atoms in total. The van der Waals surface area contributed by atoms with E-state index in [1.54, 1.807) is 30.3 Å². The normalized spacial score (nSPS) is 14.1. The topological polar surface area (TPSA) is 61.6 Å². The summed E-state index contributed by atoms with van der Waals surface area (Å²) in [7, 11) is 0. The third-order valence-corrected chi connectivity index (χ3v) is 6.72. The lowest BCUT2D eigenvalue weighted by atomic mass is 10.1. The van der Waals surface area contributed by atoms with Gasteiger partial charge in [-0.05, 0) is 61.9 Å². The summed E-state index contributed by atoms with van der Waals surface area (Å²) in [5, 5.41) is 3.03. The van der Waals surface area contributed by atoms with Crippen molar-refractivity contribution in [3.8, 4) is 22.8 Å². The molecule has 0 saturated carbocycles. The second-order valence-electron chi connectivity index (χ2n) is 9.33. The van der Waals surface area contributed by atoms with Crippen LogP contribution in [0, 0.1) is 12.7 Å². The van der Waals surface area contributed by atoms with Crippen LogP contribution < -0.4 is 10.2 Å². The molecule has 2 heterocycles. The number of hydrogen-bond acceptors (Lipinski definition) is 5. The first kappa shape index (κ1) is 24.7. The van der Waals surface area contributed by atoms with Crippen molar-refractivity contribution in [3.05, 3.63) is 95.9 Å². The minimum absolute atomic E-state index is 0.175. The molecule has 7 heteroatoms. The monoisotopic (exact) mass is 498 g/mol. The fraction of sp³-hybridized carbons (Fsp3) is 0.267. The van der Waals surface area contributed by atoms with Crippen LogP contribution in [0.15, 0.2) is 83.4 Å². The van der Waals surface area contributed by atoms with Crippen LogP contribution in [0.1, 0.15) is 22.3 Å². The first-order chi connectivity index (χ1) is 18.1. The summed E-state index contributed by atoms with van der Waals surface area (Å²) >= 11 is 0. The van der Waals surface area contributed by atoms with Crippen molar-refractivity contribution >= 4 is 11.6 Å². The summed E-state index contributed by atoms with van der Waals surface area (Å²) in [6.45, 7) is 7.69. The van der Waals surface area contributed by atoms with Gasteiger partial charge in [-0.15, -0.1) is 0 Å². The summed E-state index contributed by atoms with van der Waals surface area (Å²) in [4.78, 5) is 22.2. The third kappa shape index (κ3) is 5.89. The Bertz CT molecular complexity index is 1360. The largest absolute Gasteiger partial charge is 0.436 e. The Morgan fingerprint density at radius 1 is 0.973 bits per heavy atom. The van der Waals surface area contributed by atoms with E-state index in [-0.39, 0.29) is 17.6 Å². The van der Waals surface area contributed by atoms with Gasteiger partial charge in [-0.25, -0.2) is 9.37 Å². The lowest BCUT2D eigenvalue weighted by Crippen LogP contribution is -2.47. The van der Waals surface area contributed by atoms with Gasteiger partial charge in [0.25, 0.3) is 5.91 Å². The molecule has 0 unspecified atom stereocenters. The summed E-state index contributed by atoms with van der Waals surface area (Å²) in [5.41, 5.74) is 3.97. The Kier molecular flexibility index (Phi) is 7.61. The fourth-order valence-electron chi connectivity index (χ4n) is 4.71. The highest BCUT2D eigenvalue weighted by Gasteiger charge is 2.19. The average molecular weight is 499 g/mol. The highest BCUT2D eigenvalue weighted by molar-refractivity contribution is 6.00. The molecule has 0 atom stereocenters. The van der Waals surface area contributed by atoms with E-state index in [1.165, 1.54) is 23.5 Å².